The highest BCUT2D eigenvalue weighted by atomic mass is 32.2. The predicted molar refractivity (Wildman–Crippen MR) is 133 cm³/mol. The highest BCUT2D eigenvalue weighted by Crippen LogP contribution is 2.34. The number of anilines is 1. The molecular weight excluding hydrogens is 525 g/mol. The molecular formula is C26H22F5N5OS. The van der Waals surface area contributed by atoms with E-state index < -0.39 is 30.8 Å². The molecule has 1 saturated carbocycles. The SMILES string of the molecule is Cc1cc(-c2cnc3c(NCCC(F)(F)F)cc(Sc4cc(F)ccc4F)nn23)ccc1C(=O)NC1CC1. The molecule has 1 aliphatic rings. The van der Waals surface area contributed by atoms with Crippen LogP contribution in [0.25, 0.3) is 16.9 Å². The van der Waals surface area contributed by atoms with Crippen LogP contribution in [0.2, 0.25) is 0 Å². The minimum Gasteiger partial charge on any atom is -0.382 e. The first-order valence-electron chi connectivity index (χ1n) is 11.8. The van der Waals surface area contributed by atoms with Crippen LogP contribution in [0.4, 0.5) is 27.6 Å². The molecule has 12 heteroatoms. The number of fused-ring (bicyclic) bond motifs is 1. The predicted octanol–water partition coefficient (Wildman–Crippen LogP) is 6.39. The lowest BCUT2D eigenvalue weighted by Crippen LogP contribution is -2.26. The zero-order valence-electron chi connectivity index (χ0n) is 20.1. The van der Waals surface area contributed by atoms with Crippen molar-refractivity contribution < 1.29 is 26.7 Å². The molecule has 0 bridgehead atoms. The third kappa shape index (κ3) is 5.90. The van der Waals surface area contributed by atoms with Gasteiger partial charge < -0.3 is 10.6 Å². The van der Waals surface area contributed by atoms with Crippen molar-refractivity contribution >= 4 is 29.0 Å². The van der Waals surface area contributed by atoms with Gasteiger partial charge in [0, 0.05) is 23.7 Å². The van der Waals surface area contributed by atoms with Crippen molar-refractivity contribution in [2.75, 3.05) is 11.9 Å². The van der Waals surface area contributed by atoms with Gasteiger partial charge in [0.1, 0.15) is 16.7 Å². The van der Waals surface area contributed by atoms with Gasteiger partial charge in [-0.15, -0.1) is 0 Å². The maximum Gasteiger partial charge on any atom is 0.390 e. The number of aromatic nitrogens is 3. The molecule has 0 spiro atoms. The molecule has 1 fully saturated rings. The topological polar surface area (TPSA) is 71.3 Å². The first-order valence-corrected chi connectivity index (χ1v) is 12.6. The zero-order chi connectivity index (χ0) is 27.0. The standard InChI is InChI=1S/C26H22F5N5OS/c1-14-10-15(2-6-18(14)25(37)34-17-4-5-17)21-13-33-24-20(32-9-8-26(29,30)31)12-23(35-36(21)24)38-22-11-16(27)3-7-19(22)28/h2-3,6-7,10-13,17,32H,4-5,8-9H2,1H3,(H,34,37). The van der Waals surface area contributed by atoms with Gasteiger partial charge in [0.25, 0.3) is 5.91 Å². The molecule has 38 heavy (non-hydrogen) atoms. The van der Waals surface area contributed by atoms with E-state index in [1.807, 2.05) is 0 Å². The highest BCUT2D eigenvalue weighted by molar-refractivity contribution is 7.99. The average Bonchev–Trinajstić information content (AvgIpc) is 3.55. The second-order valence-electron chi connectivity index (χ2n) is 9.02. The van der Waals surface area contributed by atoms with Crippen LogP contribution in [0.15, 0.2) is 58.6 Å². The molecule has 0 atom stereocenters. The van der Waals surface area contributed by atoms with Crippen LogP contribution in [-0.4, -0.2) is 39.3 Å². The summed E-state index contributed by atoms with van der Waals surface area (Å²) < 4.78 is 67.8. The molecule has 2 heterocycles. The van der Waals surface area contributed by atoms with Gasteiger partial charge in [0.05, 0.1) is 28.9 Å². The number of halogens is 5. The van der Waals surface area contributed by atoms with E-state index in [1.54, 1.807) is 25.1 Å². The average molecular weight is 548 g/mol. The number of benzene rings is 2. The van der Waals surface area contributed by atoms with Crippen LogP contribution in [0, 0.1) is 18.6 Å². The van der Waals surface area contributed by atoms with Gasteiger partial charge >= 0.3 is 6.18 Å². The Morgan fingerprint density at radius 2 is 1.92 bits per heavy atom. The van der Waals surface area contributed by atoms with Crippen molar-refractivity contribution in [2.45, 2.75) is 48.3 Å². The zero-order valence-corrected chi connectivity index (χ0v) is 20.9. The van der Waals surface area contributed by atoms with E-state index in [4.69, 9.17) is 0 Å². The lowest BCUT2D eigenvalue weighted by molar-refractivity contribution is -0.131. The van der Waals surface area contributed by atoms with Crippen molar-refractivity contribution in [1.29, 1.82) is 0 Å². The fourth-order valence-electron chi connectivity index (χ4n) is 3.90. The number of alkyl halides is 3. The Kier molecular flexibility index (Phi) is 6.99. The fourth-order valence-corrected chi connectivity index (χ4v) is 4.76. The molecule has 5 rings (SSSR count). The van der Waals surface area contributed by atoms with E-state index >= 15 is 0 Å². The summed E-state index contributed by atoms with van der Waals surface area (Å²) in [5.74, 6) is -1.45. The lowest BCUT2D eigenvalue weighted by atomic mass is 10.0. The Balaban J connectivity index is 1.53. The van der Waals surface area contributed by atoms with Crippen molar-refractivity contribution in [3.05, 3.63) is 71.4 Å². The minimum atomic E-state index is -4.36. The van der Waals surface area contributed by atoms with Gasteiger partial charge in [-0.25, -0.2) is 18.3 Å². The van der Waals surface area contributed by atoms with Crippen LogP contribution < -0.4 is 10.6 Å². The second-order valence-corrected chi connectivity index (χ2v) is 10.1. The van der Waals surface area contributed by atoms with Crippen molar-refractivity contribution in [1.82, 2.24) is 19.9 Å². The van der Waals surface area contributed by atoms with Gasteiger partial charge in [-0.05, 0) is 61.7 Å². The summed E-state index contributed by atoms with van der Waals surface area (Å²) in [6.07, 6.45) is -1.97. The summed E-state index contributed by atoms with van der Waals surface area (Å²) in [5.41, 5.74) is 2.97. The number of rotatable bonds is 8. The van der Waals surface area contributed by atoms with E-state index in [2.05, 4.69) is 20.7 Å². The van der Waals surface area contributed by atoms with Crippen LogP contribution in [-0.2, 0) is 0 Å². The van der Waals surface area contributed by atoms with E-state index in [0.717, 1.165) is 48.4 Å². The summed E-state index contributed by atoms with van der Waals surface area (Å²) >= 11 is 0.835. The van der Waals surface area contributed by atoms with Crippen LogP contribution in [0.1, 0.15) is 35.2 Å². The van der Waals surface area contributed by atoms with Crippen LogP contribution in [0.3, 0.4) is 0 Å². The Morgan fingerprint density at radius 3 is 2.63 bits per heavy atom. The van der Waals surface area contributed by atoms with E-state index in [-0.39, 0.29) is 33.2 Å². The van der Waals surface area contributed by atoms with Crippen LogP contribution >= 0.6 is 11.8 Å². The number of imidazole rings is 1. The van der Waals surface area contributed by atoms with Gasteiger partial charge in [-0.3, -0.25) is 4.79 Å². The number of aryl methyl sites for hydroxylation is 1. The molecule has 4 aromatic rings. The summed E-state index contributed by atoms with van der Waals surface area (Å²) in [5, 5.41) is 10.4. The number of amides is 1. The Morgan fingerprint density at radius 1 is 1.13 bits per heavy atom. The van der Waals surface area contributed by atoms with Gasteiger partial charge in [0.2, 0.25) is 0 Å². The molecule has 0 unspecified atom stereocenters. The smallest absolute Gasteiger partial charge is 0.382 e. The number of hydrogen-bond donors (Lipinski definition) is 2. The number of nitrogens with zero attached hydrogens (tertiary/aromatic N) is 3. The Labute approximate surface area is 218 Å². The summed E-state index contributed by atoms with van der Waals surface area (Å²) in [4.78, 5) is 16.9. The first-order chi connectivity index (χ1) is 18.1. The van der Waals surface area contributed by atoms with Crippen LogP contribution in [0.5, 0.6) is 0 Å². The second kappa shape index (κ2) is 10.2. The third-order valence-electron chi connectivity index (χ3n) is 5.96. The summed E-state index contributed by atoms with van der Waals surface area (Å²) in [6, 6.07) is 9.91. The van der Waals surface area contributed by atoms with Crippen molar-refractivity contribution in [3.63, 3.8) is 0 Å². The summed E-state index contributed by atoms with van der Waals surface area (Å²) in [6.45, 7) is 1.40. The van der Waals surface area contributed by atoms with Crippen molar-refractivity contribution in [3.8, 4) is 11.3 Å². The molecule has 2 aromatic carbocycles. The molecule has 1 amide bonds. The molecule has 0 saturated heterocycles. The largest absolute Gasteiger partial charge is 0.390 e. The first kappa shape index (κ1) is 26.0. The van der Waals surface area contributed by atoms with Gasteiger partial charge in [-0.1, -0.05) is 17.8 Å². The molecule has 198 valence electrons. The highest BCUT2D eigenvalue weighted by Gasteiger charge is 2.27. The Bertz CT molecular complexity index is 1520. The maximum atomic E-state index is 14.3. The van der Waals surface area contributed by atoms with Crippen molar-refractivity contribution in [2.24, 2.45) is 0 Å². The number of carbonyl (C=O) groups is 1. The minimum absolute atomic E-state index is 0.0263. The normalized spacial score (nSPS) is 13.6. The molecule has 0 radical (unpaired) electrons. The molecule has 6 nitrogen and oxygen atoms in total. The maximum absolute atomic E-state index is 14.3. The quantitative estimate of drug-likeness (QED) is 0.250. The lowest BCUT2D eigenvalue weighted by Gasteiger charge is -2.13. The molecule has 2 N–H and O–H groups in total. The van der Waals surface area contributed by atoms with E-state index in [9.17, 15) is 26.7 Å². The number of hydrogen-bond acceptors (Lipinski definition) is 5. The Hall–Kier alpha value is -3.67. The fraction of sp³-hybridized carbons (Fsp3) is 0.269. The molecule has 1 aliphatic carbocycles. The van der Waals surface area contributed by atoms with E-state index in [1.165, 1.54) is 16.8 Å². The number of nitrogens with one attached hydrogen (secondary N) is 2. The monoisotopic (exact) mass is 547 g/mol. The number of carbonyl (C=O) groups excluding carboxylic acids is 1. The third-order valence-corrected chi connectivity index (χ3v) is 6.90. The van der Waals surface area contributed by atoms with Gasteiger partial charge in [0.15, 0.2) is 5.65 Å². The molecule has 2 aromatic heterocycles. The molecule has 0 aliphatic heterocycles. The van der Waals surface area contributed by atoms with E-state index in [0.29, 0.717) is 16.8 Å². The summed E-state index contributed by atoms with van der Waals surface area (Å²) in [7, 11) is 0. The van der Waals surface area contributed by atoms with Gasteiger partial charge in [-0.2, -0.15) is 18.3 Å².